The number of thioether (sulfide) groups is 1. The highest BCUT2D eigenvalue weighted by Crippen LogP contribution is 2.35. The number of rotatable bonds is 11. The van der Waals surface area contributed by atoms with E-state index in [0.717, 1.165) is 39.8 Å². The number of ether oxygens (including phenoxy) is 3. The molecule has 1 aliphatic heterocycles. The van der Waals surface area contributed by atoms with E-state index in [1.54, 1.807) is 6.08 Å². The van der Waals surface area contributed by atoms with Crippen molar-refractivity contribution < 1.29 is 23.8 Å². The zero-order valence-electron chi connectivity index (χ0n) is 23.2. The van der Waals surface area contributed by atoms with E-state index < -0.39 is 0 Å². The third-order valence-corrected chi connectivity index (χ3v) is 7.19. The van der Waals surface area contributed by atoms with Crippen molar-refractivity contribution >= 4 is 29.0 Å². The molecular formula is C32H35NO5S. The van der Waals surface area contributed by atoms with Gasteiger partial charge in [0.2, 0.25) is 0 Å². The summed E-state index contributed by atoms with van der Waals surface area (Å²) in [4.78, 5) is 27.3. The number of carbonyl (C=O) groups is 2. The van der Waals surface area contributed by atoms with Crippen molar-refractivity contribution in [3.05, 3.63) is 93.4 Å². The van der Waals surface area contributed by atoms with Crippen LogP contribution in [0, 0.1) is 13.8 Å². The second-order valence-electron chi connectivity index (χ2n) is 9.79. The zero-order chi connectivity index (χ0) is 27.9. The number of aryl methyl sites for hydroxylation is 2. The van der Waals surface area contributed by atoms with Gasteiger partial charge in [0.1, 0.15) is 19.0 Å². The molecule has 1 heterocycles. The molecule has 0 aromatic heterocycles. The van der Waals surface area contributed by atoms with Gasteiger partial charge in [-0.3, -0.25) is 14.5 Å². The van der Waals surface area contributed by atoms with Gasteiger partial charge in [-0.05, 0) is 85.0 Å². The molecular weight excluding hydrogens is 510 g/mol. The van der Waals surface area contributed by atoms with Crippen LogP contribution in [0.15, 0.2) is 65.6 Å². The quantitative estimate of drug-likeness (QED) is 0.232. The van der Waals surface area contributed by atoms with E-state index in [1.165, 1.54) is 10.5 Å². The number of benzene rings is 3. The van der Waals surface area contributed by atoms with Gasteiger partial charge in [0, 0.05) is 0 Å². The molecule has 1 saturated heterocycles. The van der Waals surface area contributed by atoms with Gasteiger partial charge in [0.15, 0.2) is 11.5 Å². The number of imide groups is 1. The van der Waals surface area contributed by atoms with E-state index in [4.69, 9.17) is 14.2 Å². The van der Waals surface area contributed by atoms with Crippen LogP contribution in [0.2, 0.25) is 0 Å². The fraction of sp³-hybridized carbons (Fsp3) is 0.312. The number of carbonyl (C=O) groups excluding carboxylic acids is 2. The van der Waals surface area contributed by atoms with Crippen LogP contribution in [0.25, 0.3) is 6.08 Å². The average molecular weight is 546 g/mol. The van der Waals surface area contributed by atoms with Crippen LogP contribution >= 0.6 is 11.8 Å². The Hall–Kier alpha value is -3.71. The maximum Gasteiger partial charge on any atom is 0.293 e. The minimum Gasteiger partial charge on any atom is -0.491 e. The first-order valence-corrected chi connectivity index (χ1v) is 14.0. The second kappa shape index (κ2) is 12.9. The highest BCUT2D eigenvalue weighted by atomic mass is 32.2. The summed E-state index contributed by atoms with van der Waals surface area (Å²) in [5, 5.41) is -0.300. The summed E-state index contributed by atoms with van der Waals surface area (Å²) in [6.45, 7) is 11.5. The summed E-state index contributed by atoms with van der Waals surface area (Å²) in [7, 11) is 0. The fourth-order valence-electron chi connectivity index (χ4n) is 4.30. The first-order valence-electron chi connectivity index (χ1n) is 13.2. The van der Waals surface area contributed by atoms with Crippen LogP contribution in [-0.2, 0) is 11.4 Å². The van der Waals surface area contributed by atoms with Gasteiger partial charge in [-0.1, -0.05) is 61.9 Å². The van der Waals surface area contributed by atoms with Crippen LogP contribution in [-0.4, -0.2) is 35.8 Å². The molecule has 1 fully saturated rings. The Bertz CT molecular complexity index is 1380. The molecule has 0 unspecified atom stereocenters. The number of amides is 2. The minimum absolute atomic E-state index is 0.184. The van der Waals surface area contributed by atoms with Gasteiger partial charge in [0.05, 0.1) is 18.1 Å². The minimum atomic E-state index is -0.320. The summed E-state index contributed by atoms with van der Waals surface area (Å²) in [6.07, 6.45) is 1.72. The summed E-state index contributed by atoms with van der Waals surface area (Å²) >= 11 is 0.937. The lowest BCUT2D eigenvalue weighted by Crippen LogP contribution is -2.32. The van der Waals surface area contributed by atoms with Crippen molar-refractivity contribution in [1.82, 2.24) is 4.90 Å². The molecule has 39 heavy (non-hydrogen) atoms. The number of nitrogens with zero attached hydrogens (tertiary/aromatic N) is 1. The van der Waals surface area contributed by atoms with E-state index in [0.29, 0.717) is 35.5 Å². The van der Waals surface area contributed by atoms with E-state index in [-0.39, 0.29) is 24.3 Å². The van der Waals surface area contributed by atoms with Crippen molar-refractivity contribution in [2.75, 3.05) is 19.8 Å². The Morgan fingerprint density at radius 2 is 1.67 bits per heavy atom. The molecule has 204 valence electrons. The summed E-state index contributed by atoms with van der Waals surface area (Å²) in [5.41, 5.74) is 5.20. The molecule has 3 aromatic rings. The fourth-order valence-corrected chi connectivity index (χ4v) is 5.16. The van der Waals surface area contributed by atoms with Gasteiger partial charge in [0.25, 0.3) is 11.1 Å². The maximum atomic E-state index is 13.1. The normalized spacial score (nSPS) is 14.4. The Balaban J connectivity index is 1.42. The van der Waals surface area contributed by atoms with E-state index in [9.17, 15) is 9.59 Å². The van der Waals surface area contributed by atoms with Gasteiger partial charge in [-0.25, -0.2) is 0 Å². The molecule has 7 heteroatoms. The van der Waals surface area contributed by atoms with Crippen molar-refractivity contribution in [3.8, 4) is 17.2 Å². The van der Waals surface area contributed by atoms with Crippen molar-refractivity contribution in [2.24, 2.45) is 0 Å². The Kier molecular flexibility index (Phi) is 9.36. The molecule has 4 rings (SSSR count). The Morgan fingerprint density at radius 3 is 2.41 bits per heavy atom. The molecule has 0 aliphatic carbocycles. The lowest BCUT2D eigenvalue weighted by atomic mass is 10.0. The molecule has 0 N–H and O–H groups in total. The lowest BCUT2D eigenvalue weighted by Gasteiger charge is -2.17. The predicted molar refractivity (Wildman–Crippen MR) is 157 cm³/mol. The Morgan fingerprint density at radius 1 is 0.872 bits per heavy atom. The van der Waals surface area contributed by atoms with Crippen LogP contribution < -0.4 is 14.2 Å². The zero-order valence-corrected chi connectivity index (χ0v) is 24.0. The third-order valence-electron chi connectivity index (χ3n) is 6.28. The monoisotopic (exact) mass is 545 g/mol. The van der Waals surface area contributed by atoms with Crippen molar-refractivity contribution in [2.45, 2.75) is 47.1 Å². The molecule has 1 aliphatic rings. The SMILES string of the molecule is CCOc1cc(/C=C2\SC(=O)N(CCOc3cc(C)ccc3C(C)C)C2=O)ccc1OCc1cccc(C)c1. The van der Waals surface area contributed by atoms with Crippen LogP contribution in [0.5, 0.6) is 17.2 Å². The van der Waals surface area contributed by atoms with E-state index in [1.807, 2.05) is 63.2 Å². The number of hydrogen-bond donors (Lipinski definition) is 0. The molecule has 6 nitrogen and oxygen atoms in total. The van der Waals surface area contributed by atoms with Crippen molar-refractivity contribution in [1.29, 1.82) is 0 Å². The van der Waals surface area contributed by atoms with Gasteiger partial charge >= 0.3 is 0 Å². The highest BCUT2D eigenvalue weighted by molar-refractivity contribution is 8.18. The molecule has 3 aromatic carbocycles. The average Bonchev–Trinajstić information content (AvgIpc) is 3.15. The van der Waals surface area contributed by atoms with Crippen molar-refractivity contribution in [3.63, 3.8) is 0 Å². The van der Waals surface area contributed by atoms with Crippen LogP contribution in [0.1, 0.15) is 54.5 Å². The summed E-state index contributed by atoms with van der Waals surface area (Å²) in [6, 6.07) is 19.8. The van der Waals surface area contributed by atoms with Gasteiger partial charge in [-0.2, -0.15) is 0 Å². The summed E-state index contributed by atoms with van der Waals surface area (Å²) < 4.78 is 17.8. The molecule has 0 saturated carbocycles. The predicted octanol–water partition coefficient (Wildman–Crippen LogP) is 7.52. The van der Waals surface area contributed by atoms with E-state index in [2.05, 4.69) is 32.0 Å². The van der Waals surface area contributed by atoms with Crippen LogP contribution in [0.4, 0.5) is 4.79 Å². The van der Waals surface area contributed by atoms with Gasteiger partial charge < -0.3 is 14.2 Å². The largest absolute Gasteiger partial charge is 0.491 e. The molecule has 0 radical (unpaired) electrons. The highest BCUT2D eigenvalue weighted by Gasteiger charge is 2.35. The molecule has 0 atom stereocenters. The lowest BCUT2D eigenvalue weighted by molar-refractivity contribution is -0.123. The standard InChI is InChI=1S/C32H35NO5S/c1-6-36-29-18-24(11-13-27(29)38-20-25-9-7-8-22(4)16-25)19-30-31(34)33(32(35)39-30)14-15-37-28-17-23(5)10-12-26(28)21(2)3/h7-13,16-19,21H,6,14-15,20H2,1-5H3/b30-19-. The Labute approximate surface area is 235 Å². The molecule has 0 spiro atoms. The molecule has 0 bridgehead atoms. The first kappa shape index (κ1) is 28.3. The second-order valence-corrected chi connectivity index (χ2v) is 10.8. The molecule has 2 amide bonds. The summed E-state index contributed by atoms with van der Waals surface area (Å²) in [5.74, 6) is 1.99. The van der Waals surface area contributed by atoms with Crippen LogP contribution in [0.3, 0.4) is 0 Å². The maximum absolute atomic E-state index is 13.1. The first-order chi connectivity index (χ1) is 18.7. The topological polar surface area (TPSA) is 65.1 Å². The third kappa shape index (κ3) is 7.24. The van der Waals surface area contributed by atoms with E-state index >= 15 is 0 Å². The van der Waals surface area contributed by atoms with Gasteiger partial charge in [-0.15, -0.1) is 0 Å². The number of hydrogen-bond acceptors (Lipinski definition) is 6. The smallest absolute Gasteiger partial charge is 0.293 e.